The van der Waals surface area contributed by atoms with Crippen LogP contribution in [0.15, 0.2) is 15.5 Å². The molecule has 1 saturated heterocycles. The minimum atomic E-state index is -0.414. The van der Waals surface area contributed by atoms with E-state index < -0.39 is 5.97 Å². The Morgan fingerprint density at radius 2 is 2.23 bits per heavy atom. The van der Waals surface area contributed by atoms with Crippen LogP contribution in [0.2, 0.25) is 0 Å². The highest BCUT2D eigenvalue weighted by Crippen LogP contribution is 2.16. The maximum Gasteiger partial charge on any atom is 0.341 e. The number of hydrogen-bond acceptors (Lipinski definition) is 5. The number of esters is 1. The molecule has 8 heteroatoms. The molecule has 0 radical (unpaired) electrons. The highest BCUT2D eigenvalue weighted by atomic mass is 16.5. The van der Waals surface area contributed by atoms with Gasteiger partial charge >= 0.3 is 5.97 Å². The average molecular weight is 364 g/mol. The highest BCUT2D eigenvalue weighted by Gasteiger charge is 2.19. The van der Waals surface area contributed by atoms with Crippen molar-refractivity contribution in [2.45, 2.75) is 39.7 Å². The number of carbonyl (C=O) groups is 2. The lowest BCUT2D eigenvalue weighted by atomic mass is 10.2. The quantitative estimate of drug-likeness (QED) is 0.314. The number of carbonyl (C=O) groups excluding carboxylic acids is 2. The standard InChI is InChI=1S/C18H28N4O4/c1-4-19-18(20-8-6-10-22-9-5-7-16(22)23)21-12-14-11-15(13(2)26-14)17(24)25-3/h11H,4-10,12H2,1-3H3,(H2,19,20,21). The van der Waals surface area contributed by atoms with Crippen LogP contribution in [0.4, 0.5) is 0 Å². The third-order valence-corrected chi connectivity index (χ3v) is 4.18. The monoisotopic (exact) mass is 364 g/mol. The Bertz CT molecular complexity index is 654. The van der Waals surface area contributed by atoms with Gasteiger partial charge in [0.15, 0.2) is 5.96 Å². The molecule has 0 aromatic carbocycles. The highest BCUT2D eigenvalue weighted by molar-refractivity contribution is 5.90. The van der Waals surface area contributed by atoms with Crippen LogP contribution in [-0.2, 0) is 16.1 Å². The van der Waals surface area contributed by atoms with E-state index in [1.165, 1.54) is 7.11 Å². The number of ether oxygens (including phenoxy) is 1. The zero-order chi connectivity index (χ0) is 18.9. The van der Waals surface area contributed by atoms with Crippen LogP contribution < -0.4 is 10.6 Å². The third kappa shape index (κ3) is 5.50. The van der Waals surface area contributed by atoms with Crippen LogP contribution >= 0.6 is 0 Å². The van der Waals surface area contributed by atoms with Gasteiger partial charge in [0.25, 0.3) is 0 Å². The van der Waals surface area contributed by atoms with E-state index >= 15 is 0 Å². The van der Waals surface area contributed by atoms with E-state index in [1.54, 1.807) is 13.0 Å². The number of aliphatic imine (C=N–C) groups is 1. The molecule has 0 spiro atoms. The first-order valence-corrected chi connectivity index (χ1v) is 9.02. The average Bonchev–Trinajstić information content (AvgIpc) is 3.21. The fourth-order valence-corrected chi connectivity index (χ4v) is 2.85. The van der Waals surface area contributed by atoms with Gasteiger partial charge in [-0.05, 0) is 32.8 Å². The molecule has 2 rings (SSSR count). The number of methoxy groups -OCH3 is 1. The summed E-state index contributed by atoms with van der Waals surface area (Å²) in [6, 6.07) is 1.66. The molecule has 1 amide bonds. The Morgan fingerprint density at radius 1 is 1.42 bits per heavy atom. The van der Waals surface area contributed by atoms with Gasteiger partial charge in [-0.2, -0.15) is 0 Å². The lowest BCUT2D eigenvalue weighted by molar-refractivity contribution is -0.127. The topological polar surface area (TPSA) is 96.2 Å². The maximum absolute atomic E-state index is 11.6. The van der Waals surface area contributed by atoms with Crippen molar-refractivity contribution >= 4 is 17.8 Å². The van der Waals surface area contributed by atoms with Crippen molar-refractivity contribution in [2.24, 2.45) is 4.99 Å². The molecule has 144 valence electrons. The molecular weight excluding hydrogens is 336 g/mol. The Kier molecular flexibility index (Phi) is 7.50. The predicted octanol–water partition coefficient (Wildman–Crippen LogP) is 1.44. The normalized spacial score (nSPS) is 14.7. The molecule has 0 saturated carbocycles. The predicted molar refractivity (Wildman–Crippen MR) is 98.0 cm³/mol. The van der Waals surface area contributed by atoms with Gasteiger partial charge in [-0.3, -0.25) is 4.79 Å². The first-order chi connectivity index (χ1) is 12.5. The van der Waals surface area contributed by atoms with Crippen molar-refractivity contribution in [2.75, 3.05) is 33.3 Å². The van der Waals surface area contributed by atoms with Crippen LogP contribution in [0.3, 0.4) is 0 Å². The molecule has 1 aliphatic rings. The minimum Gasteiger partial charge on any atom is -0.465 e. The second-order valence-electron chi connectivity index (χ2n) is 6.13. The van der Waals surface area contributed by atoms with E-state index in [0.29, 0.717) is 36.0 Å². The summed E-state index contributed by atoms with van der Waals surface area (Å²) in [5.74, 6) is 1.63. The lowest BCUT2D eigenvalue weighted by Crippen LogP contribution is -2.39. The number of guanidine groups is 1. The summed E-state index contributed by atoms with van der Waals surface area (Å²) in [4.78, 5) is 29.6. The second-order valence-corrected chi connectivity index (χ2v) is 6.13. The summed E-state index contributed by atoms with van der Waals surface area (Å²) in [5, 5.41) is 6.42. The van der Waals surface area contributed by atoms with E-state index in [9.17, 15) is 9.59 Å². The van der Waals surface area contributed by atoms with Gasteiger partial charge < -0.3 is 24.7 Å². The Hall–Kier alpha value is -2.51. The lowest BCUT2D eigenvalue weighted by Gasteiger charge is -2.16. The van der Waals surface area contributed by atoms with Crippen LogP contribution in [-0.4, -0.2) is 56.0 Å². The van der Waals surface area contributed by atoms with Gasteiger partial charge in [0, 0.05) is 32.6 Å². The van der Waals surface area contributed by atoms with Crippen LogP contribution in [0.1, 0.15) is 48.1 Å². The smallest absolute Gasteiger partial charge is 0.341 e. The molecule has 0 aliphatic carbocycles. The summed E-state index contributed by atoms with van der Waals surface area (Å²) in [7, 11) is 1.34. The largest absolute Gasteiger partial charge is 0.465 e. The molecule has 2 heterocycles. The molecule has 2 N–H and O–H groups in total. The van der Waals surface area contributed by atoms with Gasteiger partial charge in [-0.1, -0.05) is 0 Å². The maximum atomic E-state index is 11.6. The second kappa shape index (κ2) is 9.84. The summed E-state index contributed by atoms with van der Waals surface area (Å²) in [6.07, 6.45) is 2.50. The first kappa shape index (κ1) is 19.8. The first-order valence-electron chi connectivity index (χ1n) is 9.02. The zero-order valence-corrected chi connectivity index (χ0v) is 15.8. The van der Waals surface area contributed by atoms with Crippen LogP contribution in [0.25, 0.3) is 0 Å². The van der Waals surface area contributed by atoms with Crippen molar-refractivity contribution in [3.8, 4) is 0 Å². The summed E-state index contributed by atoms with van der Waals surface area (Å²) in [5.41, 5.74) is 0.422. The van der Waals surface area contributed by atoms with Crippen molar-refractivity contribution in [1.29, 1.82) is 0 Å². The number of likely N-dealkylation sites (tertiary alicyclic amines) is 1. The molecule has 0 unspecified atom stereocenters. The van der Waals surface area contributed by atoms with E-state index in [0.717, 1.165) is 39.0 Å². The van der Waals surface area contributed by atoms with E-state index in [2.05, 4.69) is 15.6 Å². The van der Waals surface area contributed by atoms with E-state index in [1.807, 2.05) is 11.8 Å². The minimum absolute atomic E-state index is 0.250. The van der Waals surface area contributed by atoms with E-state index in [4.69, 9.17) is 9.15 Å². The summed E-state index contributed by atoms with van der Waals surface area (Å²) in [6.45, 7) is 7.13. The molecule has 0 bridgehead atoms. The Morgan fingerprint density at radius 3 is 2.88 bits per heavy atom. The zero-order valence-electron chi connectivity index (χ0n) is 15.8. The molecule has 26 heavy (non-hydrogen) atoms. The van der Waals surface area contributed by atoms with Crippen molar-refractivity contribution < 1.29 is 18.7 Å². The van der Waals surface area contributed by atoms with Gasteiger partial charge in [0.1, 0.15) is 23.6 Å². The summed E-state index contributed by atoms with van der Waals surface area (Å²) >= 11 is 0. The van der Waals surface area contributed by atoms with E-state index in [-0.39, 0.29) is 5.91 Å². The van der Waals surface area contributed by atoms with Crippen molar-refractivity contribution in [3.05, 3.63) is 23.2 Å². The summed E-state index contributed by atoms with van der Waals surface area (Å²) < 4.78 is 10.3. The molecular formula is C18H28N4O4. The molecule has 1 fully saturated rings. The van der Waals surface area contributed by atoms with Gasteiger partial charge in [-0.25, -0.2) is 9.79 Å². The fourth-order valence-electron chi connectivity index (χ4n) is 2.85. The number of hydrogen-bond donors (Lipinski definition) is 2. The van der Waals surface area contributed by atoms with Gasteiger partial charge in [0.2, 0.25) is 5.91 Å². The number of amides is 1. The Labute approximate surface area is 154 Å². The van der Waals surface area contributed by atoms with Gasteiger partial charge in [0.05, 0.1) is 7.11 Å². The molecule has 1 aromatic rings. The molecule has 0 atom stereocenters. The Balaban J connectivity index is 1.84. The number of nitrogens with zero attached hydrogens (tertiary/aromatic N) is 2. The number of rotatable bonds is 8. The van der Waals surface area contributed by atoms with Crippen LogP contribution in [0, 0.1) is 6.92 Å². The number of furan rings is 1. The van der Waals surface area contributed by atoms with Gasteiger partial charge in [-0.15, -0.1) is 0 Å². The molecule has 1 aromatic heterocycles. The number of aryl methyl sites for hydroxylation is 1. The molecule has 8 nitrogen and oxygen atoms in total. The third-order valence-electron chi connectivity index (χ3n) is 4.18. The SMILES string of the molecule is CCNC(=NCc1cc(C(=O)OC)c(C)o1)NCCCN1CCCC1=O. The van der Waals surface area contributed by atoms with Crippen LogP contribution in [0.5, 0.6) is 0 Å². The van der Waals surface area contributed by atoms with Crippen molar-refractivity contribution in [3.63, 3.8) is 0 Å². The number of nitrogens with one attached hydrogen (secondary N) is 2. The van der Waals surface area contributed by atoms with Crippen molar-refractivity contribution in [1.82, 2.24) is 15.5 Å². The fraction of sp³-hybridized carbons (Fsp3) is 0.611. The molecule has 1 aliphatic heterocycles.